The number of hydrogen-bond donors (Lipinski definition) is 1. The predicted octanol–water partition coefficient (Wildman–Crippen LogP) is 3.65. The van der Waals surface area contributed by atoms with E-state index < -0.39 is 0 Å². The number of carbonyl (C=O) groups is 2. The zero-order chi connectivity index (χ0) is 18.7. The Kier molecular flexibility index (Phi) is 5.42. The molecule has 26 heavy (non-hydrogen) atoms. The van der Waals surface area contributed by atoms with Gasteiger partial charge in [0.1, 0.15) is 12.1 Å². The molecule has 7 heteroatoms. The normalized spacial score (nSPS) is 12.9. The van der Waals surface area contributed by atoms with Crippen LogP contribution in [0.4, 0.5) is 5.69 Å². The Labute approximate surface area is 157 Å². The summed E-state index contributed by atoms with van der Waals surface area (Å²) in [5.74, 6) is 0.533. The summed E-state index contributed by atoms with van der Waals surface area (Å²) >= 11 is 6.10. The number of amides is 2. The van der Waals surface area contributed by atoms with Crippen molar-refractivity contribution in [3.8, 4) is 11.6 Å². The van der Waals surface area contributed by atoms with Crippen LogP contribution < -0.4 is 15.0 Å². The number of rotatable bonds is 5. The third-order valence-corrected chi connectivity index (χ3v) is 4.25. The van der Waals surface area contributed by atoms with Crippen LogP contribution in [0.5, 0.6) is 11.6 Å². The van der Waals surface area contributed by atoms with Crippen molar-refractivity contribution in [1.82, 2.24) is 10.3 Å². The molecule has 1 aromatic carbocycles. The topological polar surface area (TPSA) is 71.5 Å². The highest BCUT2D eigenvalue weighted by atomic mass is 35.5. The van der Waals surface area contributed by atoms with Crippen molar-refractivity contribution in [2.24, 2.45) is 5.92 Å². The Bertz CT molecular complexity index is 839. The molecule has 3 rings (SSSR count). The van der Waals surface area contributed by atoms with Crippen molar-refractivity contribution in [3.63, 3.8) is 0 Å². The van der Waals surface area contributed by atoms with E-state index in [0.717, 1.165) is 6.42 Å². The first-order valence-electron chi connectivity index (χ1n) is 8.46. The fourth-order valence-corrected chi connectivity index (χ4v) is 2.80. The highest BCUT2D eigenvalue weighted by molar-refractivity contribution is 6.31. The number of halogens is 1. The van der Waals surface area contributed by atoms with Crippen molar-refractivity contribution >= 4 is 29.1 Å². The first kappa shape index (κ1) is 18.2. The zero-order valence-corrected chi connectivity index (χ0v) is 15.4. The largest absolute Gasteiger partial charge is 0.436 e. The molecule has 0 radical (unpaired) electrons. The average molecular weight is 374 g/mol. The number of benzene rings is 1. The second kappa shape index (κ2) is 7.74. The van der Waals surface area contributed by atoms with Crippen LogP contribution in [0.1, 0.15) is 30.6 Å². The van der Waals surface area contributed by atoms with Gasteiger partial charge in [0.05, 0.1) is 5.69 Å². The van der Waals surface area contributed by atoms with E-state index in [-0.39, 0.29) is 24.2 Å². The number of fused-ring (bicyclic) bond motifs is 2. The minimum Gasteiger partial charge on any atom is -0.436 e. The van der Waals surface area contributed by atoms with E-state index in [0.29, 0.717) is 34.5 Å². The monoisotopic (exact) mass is 373 g/mol. The molecule has 0 saturated heterocycles. The standard InChI is InChI=1S/C19H20ClN3O3/c1-12(2)7-9-21-17(24)11-23-15-10-13(20)5-6-16(15)26-18-14(19(23)25)4-3-8-22-18/h3-6,8,10,12H,7,9,11H2,1-2H3,(H,21,24). The molecule has 0 spiro atoms. The van der Waals surface area contributed by atoms with Gasteiger partial charge < -0.3 is 10.1 Å². The van der Waals surface area contributed by atoms with E-state index in [1.54, 1.807) is 36.5 Å². The van der Waals surface area contributed by atoms with Crippen molar-refractivity contribution < 1.29 is 14.3 Å². The lowest BCUT2D eigenvalue weighted by Gasteiger charge is -2.21. The van der Waals surface area contributed by atoms with Gasteiger partial charge in [-0.05, 0) is 42.7 Å². The number of ether oxygens (including phenoxy) is 1. The Morgan fingerprint density at radius 3 is 2.92 bits per heavy atom. The summed E-state index contributed by atoms with van der Waals surface area (Å²) in [6.45, 7) is 4.62. The summed E-state index contributed by atoms with van der Waals surface area (Å²) in [6, 6.07) is 8.23. The third-order valence-electron chi connectivity index (χ3n) is 4.01. The molecule has 2 amide bonds. The summed E-state index contributed by atoms with van der Waals surface area (Å²) in [5, 5.41) is 3.30. The highest BCUT2D eigenvalue weighted by Gasteiger charge is 2.30. The van der Waals surface area contributed by atoms with Gasteiger partial charge in [-0.15, -0.1) is 0 Å². The van der Waals surface area contributed by atoms with E-state index in [1.807, 2.05) is 0 Å². The molecule has 1 aliphatic heterocycles. The summed E-state index contributed by atoms with van der Waals surface area (Å²) in [4.78, 5) is 30.9. The molecule has 2 heterocycles. The van der Waals surface area contributed by atoms with Gasteiger partial charge in [-0.3, -0.25) is 14.5 Å². The smallest absolute Gasteiger partial charge is 0.264 e. The molecule has 1 aromatic heterocycles. The van der Waals surface area contributed by atoms with Gasteiger partial charge in [-0.2, -0.15) is 0 Å². The molecule has 0 fully saturated rings. The molecular weight excluding hydrogens is 354 g/mol. The molecule has 6 nitrogen and oxygen atoms in total. The molecule has 2 aromatic rings. The van der Waals surface area contributed by atoms with Crippen LogP contribution in [0.3, 0.4) is 0 Å². The lowest BCUT2D eigenvalue weighted by molar-refractivity contribution is -0.119. The van der Waals surface area contributed by atoms with Crippen LogP contribution in [0.15, 0.2) is 36.5 Å². The van der Waals surface area contributed by atoms with Crippen LogP contribution in [-0.4, -0.2) is 29.9 Å². The van der Waals surface area contributed by atoms with Gasteiger partial charge in [-0.1, -0.05) is 25.4 Å². The van der Waals surface area contributed by atoms with Crippen molar-refractivity contribution in [3.05, 3.63) is 47.1 Å². The van der Waals surface area contributed by atoms with Gasteiger partial charge in [0.25, 0.3) is 5.91 Å². The number of carbonyl (C=O) groups excluding carboxylic acids is 2. The first-order valence-corrected chi connectivity index (χ1v) is 8.84. The molecule has 0 aliphatic carbocycles. The Hall–Kier alpha value is -2.60. The summed E-state index contributed by atoms with van der Waals surface area (Å²) < 4.78 is 5.79. The summed E-state index contributed by atoms with van der Waals surface area (Å²) in [7, 11) is 0. The molecule has 0 atom stereocenters. The van der Waals surface area contributed by atoms with Gasteiger partial charge >= 0.3 is 0 Å². The number of anilines is 1. The van der Waals surface area contributed by atoms with Crippen LogP contribution in [0.2, 0.25) is 5.02 Å². The fraction of sp³-hybridized carbons (Fsp3) is 0.316. The fourth-order valence-electron chi connectivity index (χ4n) is 2.64. The number of pyridine rings is 1. The van der Waals surface area contributed by atoms with Crippen molar-refractivity contribution in [2.45, 2.75) is 20.3 Å². The highest BCUT2D eigenvalue weighted by Crippen LogP contribution is 2.39. The van der Waals surface area contributed by atoms with Crippen molar-refractivity contribution in [1.29, 1.82) is 0 Å². The molecule has 0 saturated carbocycles. The molecular formula is C19H20ClN3O3. The van der Waals surface area contributed by atoms with Gasteiger partial charge in [0.15, 0.2) is 5.75 Å². The summed E-state index contributed by atoms with van der Waals surface area (Å²) in [6.07, 6.45) is 2.42. The van der Waals surface area contributed by atoms with Gasteiger partial charge in [0, 0.05) is 17.8 Å². The van der Waals surface area contributed by atoms with Crippen molar-refractivity contribution in [2.75, 3.05) is 18.0 Å². The maximum Gasteiger partial charge on any atom is 0.264 e. The van der Waals surface area contributed by atoms with E-state index in [2.05, 4.69) is 24.1 Å². The van der Waals surface area contributed by atoms with E-state index in [1.165, 1.54) is 4.90 Å². The SMILES string of the molecule is CC(C)CCNC(=O)CN1C(=O)c2cccnc2Oc2ccc(Cl)cc21. The second-order valence-corrected chi connectivity index (χ2v) is 6.93. The third kappa shape index (κ3) is 3.96. The van der Waals surface area contributed by atoms with Gasteiger partial charge in [-0.25, -0.2) is 4.98 Å². The van der Waals surface area contributed by atoms with Crippen LogP contribution >= 0.6 is 11.6 Å². The second-order valence-electron chi connectivity index (χ2n) is 6.49. The van der Waals surface area contributed by atoms with Gasteiger partial charge in [0.2, 0.25) is 11.8 Å². The lowest BCUT2D eigenvalue weighted by Crippen LogP contribution is -2.41. The maximum absolute atomic E-state index is 13.0. The zero-order valence-electron chi connectivity index (χ0n) is 14.7. The Morgan fingerprint density at radius 1 is 1.35 bits per heavy atom. The molecule has 0 bridgehead atoms. The van der Waals surface area contributed by atoms with E-state index in [4.69, 9.17) is 16.3 Å². The number of nitrogens with zero attached hydrogens (tertiary/aromatic N) is 2. The van der Waals surface area contributed by atoms with E-state index in [9.17, 15) is 9.59 Å². The molecule has 1 N–H and O–H groups in total. The first-order chi connectivity index (χ1) is 12.5. The quantitative estimate of drug-likeness (QED) is 0.868. The van der Waals surface area contributed by atoms with Crippen LogP contribution in [-0.2, 0) is 4.79 Å². The molecule has 1 aliphatic rings. The van der Waals surface area contributed by atoms with E-state index >= 15 is 0 Å². The minimum absolute atomic E-state index is 0.123. The predicted molar refractivity (Wildman–Crippen MR) is 99.9 cm³/mol. The van der Waals surface area contributed by atoms with Crippen LogP contribution in [0, 0.1) is 5.92 Å². The Morgan fingerprint density at radius 2 is 2.15 bits per heavy atom. The Balaban J connectivity index is 1.91. The lowest BCUT2D eigenvalue weighted by atomic mass is 10.1. The number of aromatic nitrogens is 1. The number of hydrogen-bond acceptors (Lipinski definition) is 4. The summed E-state index contributed by atoms with van der Waals surface area (Å²) in [5.41, 5.74) is 0.745. The molecule has 136 valence electrons. The number of nitrogens with one attached hydrogen (secondary N) is 1. The molecule has 0 unspecified atom stereocenters. The van der Waals surface area contributed by atoms with Crippen LogP contribution in [0.25, 0.3) is 0 Å². The average Bonchev–Trinajstić information content (AvgIpc) is 2.71. The minimum atomic E-state index is -0.354. The maximum atomic E-state index is 13.0.